The molecule has 0 radical (unpaired) electrons. The van der Waals surface area contributed by atoms with Crippen LogP contribution in [0.5, 0.6) is 5.75 Å². The molecule has 0 aromatic heterocycles. The molecule has 0 bridgehead atoms. The third kappa shape index (κ3) is 5.31. The summed E-state index contributed by atoms with van der Waals surface area (Å²) >= 11 is 11.8. The van der Waals surface area contributed by atoms with E-state index < -0.39 is 6.10 Å². The maximum Gasteiger partial charge on any atom is 0.138 e. The van der Waals surface area contributed by atoms with E-state index in [2.05, 4.69) is 5.32 Å². The van der Waals surface area contributed by atoms with Crippen molar-refractivity contribution in [3.05, 3.63) is 28.2 Å². The first kappa shape index (κ1) is 16.8. The number of benzene rings is 1. The fourth-order valence-corrected chi connectivity index (χ4v) is 2.73. The highest BCUT2D eigenvalue weighted by Crippen LogP contribution is 2.47. The van der Waals surface area contributed by atoms with Gasteiger partial charge in [0.2, 0.25) is 0 Å². The molecular formula is C15H21Cl2NO3. The third-order valence-corrected chi connectivity index (χ3v) is 4.33. The summed E-state index contributed by atoms with van der Waals surface area (Å²) in [6.45, 7) is 1.68. The number of aliphatic hydroxyl groups is 2. The molecular weight excluding hydrogens is 313 g/mol. The van der Waals surface area contributed by atoms with Gasteiger partial charge in [-0.25, -0.2) is 0 Å². The van der Waals surface area contributed by atoms with Gasteiger partial charge in [-0.2, -0.15) is 0 Å². The Kier molecular flexibility index (Phi) is 6.14. The van der Waals surface area contributed by atoms with Crippen molar-refractivity contribution < 1.29 is 14.9 Å². The van der Waals surface area contributed by atoms with E-state index in [9.17, 15) is 5.11 Å². The minimum atomic E-state index is -0.610. The lowest BCUT2D eigenvalue weighted by Crippen LogP contribution is -2.35. The summed E-state index contributed by atoms with van der Waals surface area (Å²) in [5, 5.41) is 23.1. The Bertz CT molecular complexity index is 466. The molecule has 4 nitrogen and oxygen atoms in total. The Morgan fingerprint density at radius 3 is 2.71 bits per heavy atom. The van der Waals surface area contributed by atoms with E-state index in [1.807, 2.05) is 0 Å². The molecule has 0 aliphatic heterocycles. The molecule has 0 amide bonds. The summed E-state index contributed by atoms with van der Waals surface area (Å²) in [4.78, 5) is 0. The second kappa shape index (κ2) is 7.65. The monoisotopic (exact) mass is 333 g/mol. The van der Waals surface area contributed by atoms with Crippen molar-refractivity contribution in [1.29, 1.82) is 0 Å². The molecule has 1 aromatic carbocycles. The Morgan fingerprint density at radius 2 is 2.10 bits per heavy atom. The minimum Gasteiger partial charge on any atom is -0.489 e. The van der Waals surface area contributed by atoms with Gasteiger partial charge in [0, 0.05) is 24.7 Å². The second-order valence-electron chi connectivity index (χ2n) is 5.64. The molecule has 1 unspecified atom stereocenters. The van der Waals surface area contributed by atoms with Crippen molar-refractivity contribution in [2.24, 2.45) is 5.41 Å². The molecule has 0 spiro atoms. The molecule has 1 saturated carbocycles. The van der Waals surface area contributed by atoms with Crippen LogP contribution in [-0.4, -0.2) is 42.6 Å². The number of rotatable bonds is 9. The number of nitrogens with one attached hydrogen (secondary N) is 1. The van der Waals surface area contributed by atoms with E-state index in [0.717, 1.165) is 25.8 Å². The fourth-order valence-electron chi connectivity index (χ4n) is 2.27. The quantitative estimate of drug-likeness (QED) is 0.649. The average molecular weight is 334 g/mol. The zero-order valence-electron chi connectivity index (χ0n) is 11.8. The molecule has 0 saturated heterocycles. The number of ether oxygens (including phenoxy) is 1. The molecule has 1 atom stereocenters. The lowest BCUT2D eigenvalue weighted by atomic mass is 10.0. The van der Waals surface area contributed by atoms with Gasteiger partial charge in [0.25, 0.3) is 0 Å². The van der Waals surface area contributed by atoms with E-state index >= 15 is 0 Å². The van der Waals surface area contributed by atoms with Gasteiger partial charge in [-0.15, -0.1) is 0 Å². The van der Waals surface area contributed by atoms with E-state index in [4.69, 9.17) is 33.0 Å². The first-order valence-corrected chi connectivity index (χ1v) is 7.88. The van der Waals surface area contributed by atoms with Gasteiger partial charge in [0.1, 0.15) is 18.5 Å². The lowest BCUT2D eigenvalue weighted by Gasteiger charge is -2.17. The first-order chi connectivity index (χ1) is 10.0. The molecule has 0 heterocycles. The van der Waals surface area contributed by atoms with Crippen molar-refractivity contribution in [2.45, 2.75) is 25.4 Å². The molecule has 3 N–H and O–H groups in total. The molecule has 1 aromatic rings. The number of halogens is 2. The van der Waals surface area contributed by atoms with Crippen molar-refractivity contribution in [1.82, 2.24) is 5.32 Å². The topological polar surface area (TPSA) is 61.7 Å². The molecule has 1 aliphatic rings. The van der Waals surface area contributed by atoms with Crippen LogP contribution >= 0.6 is 23.2 Å². The Hall–Kier alpha value is -0.520. The van der Waals surface area contributed by atoms with E-state index in [0.29, 0.717) is 22.3 Å². The average Bonchev–Trinajstić information content (AvgIpc) is 3.18. The molecule has 118 valence electrons. The molecule has 6 heteroatoms. The highest BCUT2D eigenvalue weighted by atomic mass is 35.5. The first-order valence-electron chi connectivity index (χ1n) is 7.12. The second-order valence-corrected chi connectivity index (χ2v) is 6.49. The van der Waals surface area contributed by atoms with Crippen LogP contribution < -0.4 is 10.1 Å². The van der Waals surface area contributed by atoms with Crippen LogP contribution in [0.25, 0.3) is 0 Å². The van der Waals surface area contributed by atoms with Crippen LogP contribution in [0.15, 0.2) is 18.2 Å². The van der Waals surface area contributed by atoms with Crippen LogP contribution in [0.2, 0.25) is 10.0 Å². The standard InChI is InChI=1S/C15H21Cl2NO3/c16-11-1-2-14(13(17)7-11)21-9-12(20)8-18-10-15(3-4-15)5-6-19/h1-2,7,12,18-20H,3-6,8-10H2. The van der Waals surface area contributed by atoms with Crippen molar-refractivity contribution >= 4 is 23.2 Å². The number of hydrogen-bond acceptors (Lipinski definition) is 4. The zero-order valence-corrected chi connectivity index (χ0v) is 13.3. The zero-order chi connectivity index (χ0) is 15.3. The number of hydrogen-bond donors (Lipinski definition) is 3. The maximum atomic E-state index is 9.90. The van der Waals surface area contributed by atoms with Crippen LogP contribution in [0, 0.1) is 5.41 Å². The van der Waals surface area contributed by atoms with Crippen molar-refractivity contribution in [3.8, 4) is 5.75 Å². The Morgan fingerprint density at radius 1 is 1.33 bits per heavy atom. The van der Waals surface area contributed by atoms with Crippen LogP contribution in [0.3, 0.4) is 0 Å². The van der Waals surface area contributed by atoms with Gasteiger partial charge in [-0.3, -0.25) is 0 Å². The molecule has 2 rings (SSSR count). The maximum absolute atomic E-state index is 9.90. The molecule has 1 fully saturated rings. The van der Waals surface area contributed by atoms with Crippen LogP contribution in [0.4, 0.5) is 0 Å². The van der Waals surface area contributed by atoms with Gasteiger partial charge < -0.3 is 20.3 Å². The third-order valence-electron chi connectivity index (χ3n) is 3.80. The fraction of sp³-hybridized carbons (Fsp3) is 0.600. The summed E-state index contributed by atoms with van der Waals surface area (Å²) < 4.78 is 5.48. The summed E-state index contributed by atoms with van der Waals surface area (Å²) in [7, 11) is 0. The summed E-state index contributed by atoms with van der Waals surface area (Å²) in [5.41, 5.74) is 0.245. The van der Waals surface area contributed by atoms with Crippen molar-refractivity contribution in [2.75, 3.05) is 26.3 Å². The molecule has 1 aliphatic carbocycles. The summed E-state index contributed by atoms with van der Waals surface area (Å²) in [5.74, 6) is 0.513. The van der Waals surface area contributed by atoms with Gasteiger partial charge in [-0.1, -0.05) is 23.2 Å². The van der Waals surface area contributed by atoms with Gasteiger partial charge in [0.15, 0.2) is 0 Å². The largest absolute Gasteiger partial charge is 0.489 e. The van der Waals surface area contributed by atoms with E-state index in [1.165, 1.54) is 0 Å². The molecule has 21 heavy (non-hydrogen) atoms. The summed E-state index contributed by atoms with van der Waals surface area (Å²) in [6, 6.07) is 4.99. The van der Waals surface area contributed by atoms with E-state index in [-0.39, 0.29) is 18.6 Å². The minimum absolute atomic E-state index is 0.168. The number of aliphatic hydroxyl groups excluding tert-OH is 2. The predicted molar refractivity (Wildman–Crippen MR) is 84.2 cm³/mol. The Labute approximate surface area is 135 Å². The van der Waals surface area contributed by atoms with Crippen LogP contribution in [-0.2, 0) is 0 Å². The normalized spacial score (nSPS) is 17.5. The van der Waals surface area contributed by atoms with E-state index in [1.54, 1.807) is 18.2 Å². The van der Waals surface area contributed by atoms with Crippen molar-refractivity contribution in [3.63, 3.8) is 0 Å². The highest BCUT2D eigenvalue weighted by molar-refractivity contribution is 6.35. The summed E-state index contributed by atoms with van der Waals surface area (Å²) in [6.07, 6.45) is 2.51. The van der Waals surface area contributed by atoms with Gasteiger partial charge in [-0.05, 0) is 42.9 Å². The lowest BCUT2D eigenvalue weighted by molar-refractivity contribution is 0.104. The highest BCUT2D eigenvalue weighted by Gasteiger charge is 2.41. The van der Waals surface area contributed by atoms with Gasteiger partial charge >= 0.3 is 0 Å². The Balaban J connectivity index is 1.66. The van der Waals surface area contributed by atoms with Gasteiger partial charge in [0.05, 0.1) is 5.02 Å². The smallest absolute Gasteiger partial charge is 0.138 e. The van der Waals surface area contributed by atoms with Crippen LogP contribution in [0.1, 0.15) is 19.3 Å². The SMILES string of the molecule is OCCC1(CNCC(O)COc2ccc(Cl)cc2Cl)CC1. The predicted octanol–water partition coefficient (Wildman–Crippen LogP) is 2.49.